The van der Waals surface area contributed by atoms with Gasteiger partial charge in [0.25, 0.3) is 10.0 Å². The summed E-state index contributed by atoms with van der Waals surface area (Å²) >= 11 is 1.51. The molecule has 0 spiro atoms. The maximum absolute atomic E-state index is 12.7. The van der Waals surface area contributed by atoms with E-state index in [1.807, 2.05) is 35.7 Å². The summed E-state index contributed by atoms with van der Waals surface area (Å²) < 4.78 is 28.0. The summed E-state index contributed by atoms with van der Waals surface area (Å²) in [5.74, 6) is 0.775. The Hall–Kier alpha value is -2.77. The summed E-state index contributed by atoms with van der Waals surface area (Å²) in [4.78, 5) is 10.1. The van der Waals surface area contributed by atoms with Crippen molar-refractivity contribution in [3.63, 3.8) is 0 Å². The third kappa shape index (κ3) is 3.11. The Labute approximate surface area is 149 Å². The lowest BCUT2D eigenvalue weighted by Crippen LogP contribution is -2.14. The van der Waals surface area contributed by atoms with Crippen LogP contribution in [-0.2, 0) is 10.0 Å². The van der Waals surface area contributed by atoms with Crippen LogP contribution in [0.15, 0.2) is 77.0 Å². The van der Waals surface area contributed by atoms with E-state index in [0.29, 0.717) is 16.7 Å². The van der Waals surface area contributed by atoms with Crippen molar-refractivity contribution >= 4 is 38.1 Å². The lowest BCUT2D eigenvalue weighted by Gasteiger charge is -2.11. The molecule has 1 N–H and O–H groups in total. The normalized spacial score (nSPS) is 11.5. The van der Waals surface area contributed by atoms with Crippen molar-refractivity contribution in [2.75, 3.05) is 4.72 Å². The quantitative estimate of drug-likeness (QED) is 0.588. The molecule has 0 amide bonds. The van der Waals surface area contributed by atoms with Crippen molar-refractivity contribution < 1.29 is 8.42 Å². The maximum atomic E-state index is 12.7. The van der Waals surface area contributed by atoms with Gasteiger partial charge in [-0.3, -0.25) is 4.72 Å². The Morgan fingerprint density at radius 1 is 0.840 bits per heavy atom. The first-order chi connectivity index (χ1) is 12.1. The second-order valence-corrected chi connectivity index (χ2v) is 7.94. The average molecular weight is 367 g/mol. The molecule has 2 aromatic heterocycles. The zero-order valence-corrected chi connectivity index (χ0v) is 14.6. The Morgan fingerprint density at radius 3 is 2.36 bits per heavy atom. The highest BCUT2D eigenvalue weighted by atomic mass is 32.2. The number of nitrogens with zero attached hydrogens (tertiary/aromatic N) is 2. The molecule has 0 aliphatic rings. The standard InChI is InChI=1S/C18H13N3O2S2/c22-25(23,13-7-2-1-3-8-13)21-17-14-9-4-5-10-15(14)19-18(20-17)16-11-6-12-24-16/h1-12H,(H,19,20,21). The molecule has 124 valence electrons. The first-order valence-corrected chi connectivity index (χ1v) is 9.88. The molecule has 0 aliphatic heterocycles. The molecule has 0 aliphatic carbocycles. The molecule has 0 atom stereocenters. The van der Waals surface area contributed by atoms with Crippen LogP contribution in [0.3, 0.4) is 0 Å². The first-order valence-electron chi connectivity index (χ1n) is 7.52. The SMILES string of the molecule is O=S(=O)(Nc1nc(-c2cccs2)nc2ccccc12)c1ccccc1. The van der Waals surface area contributed by atoms with Crippen LogP contribution < -0.4 is 4.72 Å². The van der Waals surface area contributed by atoms with Gasteiger partial charge in [0.2, 0.25) is 0 Å². The van der Waals surface area contributed by atoms with Gasteiger partial charge in [0.15, 0.2) is 11.6 Å². The van der Waals surface area contributed by atoms with E-state index in [4.69, 9.17) is 0 Å². The van der Waals surface area contributed by atoms with Crippen LogP contribution in [0, 0.1) is 0 Å². The molecule has 0 bridgehead atoms. The largest absolute Gasteiger partial charge is 0.263 e. The van der Waals surface area contributed by atoms with E-state index in [1.54, 1.807) is 36.4 Å². The van der Waals surface area contributed by atoms with Crippen LogP contribution in [0.1, 0.15) is 0 Å². The number of hydrogen-bond acceptors (Lipinski definition) is 5. The lowest BCUT2D eigenvalue weighted by atomic mass is 10.2. The first kappa shape index (κ1) is 15.7. The fourth-order valence-corrected chi connectivity index (χ4v) is 4.16. The summed E-state index contributed by atoms with van der Waals surface area (Å²) in [6.07, 6.45) is 0. The van der Waals surface area contributed by atoms with Crippen molar-refractivity contribution in [3.8, 4) is 10.7 Å². The van der Waals surface area contributed by atoms with Crippen molar-refractivity contribution in [2.45, 2.75) is 4.90 Å². The summed E-state index contributed by atoms with van der Waals surface area (Å²) in [7, 11) is -3.73. The van der Waals surface area contributed by atoms with Gasteiger partial charge in [-0.05, 0) is 35.7 Å². The minimum Gasteiger partial charge on any atom is -0.263 e. The summed E-state index contributed by atoms with van der Waals surface area (Å²) in [6, 6.07) is 19.4. The molecule has 2 heterocycles. The van der Waals surface area contributed by atoms with E-state index < -0.39 is 10.0 Å². The van der Waals surface area contributed by atoms with Crippen LogP contribution in [0.2, 0.25) is 0 Å². The maximum Gasteiger partial charge on any atom is 0.263 e. The lowest BCUT2D eigenvalue weighted by molar-refractivity contribution is 0.601. The van der Waals surface area contributed by atoms with E-state index in [0.717, 1.165) is 4.88 Å². The van der Waals surface area contributed by atoms with Gasteiger partial charge >= 0.3 is 0 Å². The third-order valence-corrected chi connectivity index (χ3v) is 5.85. The number of hydrogen-bond donors (Lipinski definition) is 1. The summed E-state index contributed by atoms with van der Waals surface area (Å²) in [5.41, 5.74) is 0.687. The molecule has 0 saturated carbocycles. The molecule has 5 nitrogen and oxygen atoms in total. The zero-order chi connectivity index (χ0) is 17.3. The van der Waals surface area contributed by atoms with E-state index in [-0.39, 0.29) is 10.7 Å². The Morgan fingerprint density at radius 2 is 1.60 bits per heavy atom. The smallest absolute Gasteiger partial charge is 0.263 e. The minimum atomic E-state index is -3.73. The molecule has 4 aromatic rings. The molecule has 0 radical (unpaired) electrons. The second kappa shape index (κ2) is 6.27. The number of thiophene rings is 1. The molecular weight excluding hydrogens is 354 g/mol. The van der Waals surface area contributed by atoms with Crippen LogP contribution in [0.4, 0.5) is 5.82 Å². The molecular formula is C18H13N3O2S2. The van der Waals surface area contributed by atoms with Gasteiger partial charge in [-0.2, -0.15) is 0 Å². The van der Waals surface area contributed by atoms with E-state index in [9.17, 15) is 8.42 Å². The van der Waals surface area contributed by atoms with Crippen molar-refractivity contribution in [1.82, 2.24) is 9.97 Å². The van der Waals surface area contributed by atoms with E-state index in [2.05, 4.69) is 14.7 Å². The third-order valence-electron chi connectivity index (χ3n) is 3.63. The number of rotatable bonds is 4. The number of anilines is 1. The van der Waals surface area contributed by atoms with Gasteiger partial charge in [0.1, 0.15) is 0 Å². The van der Waals surface area contributed by atoms with Gasteiger partial charge in [-0.25, -0.2) is 18.4 Å². The highest BCUT2D eigenvalue weighted by molar-refractivity contribution is 7.92. The van der Waals surface area contributed by atoms with Gasteiger partial charge in [-0.15, -0.1) is 11.3 Å². The second-order valence-electron chi connectivity index (χ2n) is 5.31. The highest BCUT2D eigenvalue weighted by Crippen LogP contribution is 2.28. The van der Waals surface area contributed by atoms with Crippen molar-refractivity contribution in [3.05, 3.63) is 72.1 Å². The number of para-hydroxylation sites is 1. The summed E-state index contributed by atoms with van der Waals surface area (Å²) in [6.45, 7) is 0. The molecule has 7 heteroatoms. The number of sulfonamides is 1. The van der Waals surface area contributed by atoms with Gasteiger partial charge < -0.3 is 0 Å². The summed E-state index contributed by atoms with van der Waals surface area (Å²) in [5, 5.41) is 2.59. The molecule has 2 aromatic carbocycles. The van der Waals surface area contributed by atoms with Crippen LogP contribution in [0.25, 0.3) is 21.6 Å². The number of fused-ring (bicyclic) bond motifs is 1. The van der Waals surface area contributed by atoms with Crippen LogP contribution >= 0.6 is 11.3 Å². The van der Waals surface area contributed by atoms with Crippen molar-refractivity contribution in [2.24, 2.45) is 0 Å². The molecule has 0 saturated heterocycles. The van der Waals surface area contributed by atoms with Gasteiger partial charge in [-0.1, -0.05) is 36.4 Å². The molecule has 0 unspecified atom stereocenters. The van der Waals surface area contributed by atoms with E-state index in [1.165, 1.54) is 11.3 Å². The van der Waals surface area contributed by atoms with Crippen LogP contribution in [-0.4, -0.2) is 18.4 Å². The predicted molar refractivity (Wildman–Crippen MR) is 100 cm³/mol. The Balaban J connectivity index is 1.86. The highest BCUT2D eigenvalue weighted by Gasteiger charge is 2.18. The number of nitrogens with one attached hydrogen (secondary N) is 1. The molecule has 0 fully saturated rings. The van der Waals surface area contributed by atoms with Gasteiger partial charge in [0, 0.05) is 5.39 Å². The Bertz CT molecular complexity index is 1130. The molecule has 4 rings (SSSR count). The van der Waals surface area contributed by atoms with Crippen molar-refractivity contribution in [1.29, 1.82) is 0 Å². The molecule has 25 heavy (non-hydrogen) atoms. The predicted octanol–water partition coefficient (Wildman–Crippen LogP) is 4.16. The fraction of sp³-hybridized carbons (Fsp3) is 0. The monoisotopic (exact) mass is 367 g/mol. The average Bonchev–Trinajstić information content (AvgIpc) is 3.17. The number of aromatic nitrogens is 2. The zero-order valence-electron chi connectivity index (χ0n) is 13.0. The number of benzene rings is 2. The Kier molecular flexibility index (Phi) is 3.95. The fourth-order valence-electron chi connectivity index (χ4n) is 2.46. The van der Waals surface area contributed by atoms with E-state index >= 15 is 0 Å². The topological polar surface area (TPSA) is 72.0 Å². The van der Waals surface area contributed by atoms with Gasteiger partial charge in [0.05, 0.1) is 15.3 Å². The minimum absolute atomic E-state index is 0.190. The van der Waals surface area contributed by atoms with Crippen LogP contribution in [0.5, 0.6) is 0 Å².